The molecule has 0 aliphatic heterocycles. The Morgan fingerprint density at radius 1 is 1.17 bits per heavy atom. The zero-order chi connectivity index (χ0) is 21.1. The Balaban J connectivity index is 1.44. The van der Waals surface area contributed by atoms with Crippen molar-refractivity contribution in [2.45, 2.75) is 40.9 Å². The lowest BCUT2D eigenvalue weighted by molar-refractivity contribution is 0.0994. The van der Waals surface area contributed by atoms with Crippen LogP contribution in [0.25, 0.3) is 10.2 Å². The maximum absolute atomic E-state index is 13.1. The lowest BCUT2D eigenvalue weighted by Gasteiger charge is -2.11. The van der Waals surface area contributed by atoms with Crippen LogP contribution in [0.3, 0.4) is 0 Å². The lowest BCUT2D eigenvalue weighted by Crippen LogP contribution is -2.15. The van der Waals surface area contributed by atoms with E-state index in [0.29, 0.717) is 23.0 Å². The largest absolute Gasteiger partial charge is 0.306 e. The van der Waals surface area contributed by atoms with Gasteiger partial charge in [-0.05, 0) is 50.2 Å². The zero-order valence-electron chi connectivity index (χ0n) is 16.4. The first-order valence-electron chi connectivity index (χ1n) is 9.42. The highest BCUT2D eigenvalue weighted by atomic mass is 32.2. The summed E-state index contributed by atoms with van der Waals surface area (Å²) < 4.78 is 17.3. The number of halogens is 1. The average Bonchev–Trinajstić information content (AvgIpc) is 3.35. The minimum absolute atomic E-state index is 0.0592. The fourth-order valence-corrected chi connectivity index (χ4v) is 5.95. The number of nitrogens with zero attached hydrogens (tertiary/aromatic N) is 4. The Labute approximate surface area is 186 Å². The number of rotatable bonds is 8. The predicted octanol–water partition coefficient (Wildman–Crippen LogP) is 5.70. The molecule has 1 unspecified atom stereocenters. The van der Waals surface area contributed by atoms with Crippen molar-refractivity contribution in [1.82, 2.24) is 19.7 Å². The van der Waals surface area contributed by atoms with Gasteiger partial charge in [0.1, 0.15) is 11.6 Å². The van der Waals surface area contributed by atoms with Gasteiger partial charge in [0.15, 0.2) is 15.3 Å². The number of ketones is 1. The maximum atomic E-state index is 13.1. The van der Waals surface area contributed by atoms with Gasteiger partial charge in [0.05, 0.1) is 21.2 Å². The van der Waals surface area contributed by atoms with Gasteiger partial charge in [0.25, 0.3) is 0 Å². The number of para-hydroxylation sites is 1. The Hall–Kier alpha value is -2.23. The molecule has 5 nitrogen and oxygen atoms in total. The minimum Gasteiger partial charge on any atom is -0.306 e. The van der Waals surface area contributed by atoms with E-state index in [4.69, 9.17) is 0 Å². The van der Waals surface area contributed by atoms with Crippen LogP contribution in [0.1, 0.15) is 30.0 Å². The number of benzene rings is 2. The molecule has 0 saturated heterocycles. The third kappa shape index (κ3) is 4.58. The van der Waals surface area contributed by atoms with Crippen LogP contribution < -0.4 is 0 Å². The molecule has 9 heteroatoms. The minimum atomic E-state index is -0.354. The topological polar surface area (TPSA) is 60.7 Å². The lowest BCUT2D eigenvalue weighted by atomic mass is 10.1. The summed E-state index contributed by atoms with van der Waals surface area (Å²) in [7, 11) is 0. The summed E-state index contributed by atoms with van der Waals surface area (Å²) in [6.45, 7) is 4.58. The van der Waals surface area contributed by atoms with Crippen LogP contribution in [-0.2, 0) is 12.3 Å². The van der Waals surface area contributed by atoms with Crippen LogP contribution in [0.4, 0.5) is 4.39 Å². The van der Waals surface area contributed by atoms with E-state index in [1.54, 1.807) is 23.1 Å². The van der Waals surface area contributed by atoms with Crippen LogP contribution in [0.2, 0.25) is 0 Å². The monoisotopic (exact) mass is 458 g/mol. The quantitative estimate of drug-likeness (QED) is 0.249. The summed E-state index contributed by atoms with van der Waals surface area (Å²) in [5, 5.41) is 9.00. The Bertz CT molecular complexity index is 1140. The number of carbonyl (C=O) groups is 1. The Morgan fingerprint density at radius 2 is 1.93 bits per heavy atom. The molecule has 0 spiro atoms. The van der Waals surface area contributed by atoms with Crippen molar-refractivity contribution < 1.29 is 9.18 Å². The molecule has 2 aromatic carbocycles. The zero-order valence-corrected chi connectivity index (χ0v) is 18.9. The van der Waals surface area contributed by atoms with Crippen LogP contribution in [0, 0.1) is 5.82 Å². The second-order valence-electron chi connectivity index (χ2n) is 6.51. The summed E-state index contributed by atoms with van der Waals surface area (Å²) in [6.07, 6.45) is 0. The van der Waals surface area contributed by atoms with Gasteiger partial charge in [-0.15, -0.1) is 21.5 Å². The molecule has 4 rings (SSSR count). The smallest absolute Gasteiger partial charge is 0.191 e. The summed E-state index contributed by atoms with van der Waals surface area (Å²) in [5.74, 6) is 1.09. The Kier molecular flexibility index (Phi) is 6.50. The summed E-state index contributed by atoms with van der Waals surface area (Å²) in [5.41, 5.74) is 1.50. The van der Waals surface area contributed by atoms with Crippen molar-refractivity contribution in [3.8, 4) is 0 Å². The number of Topliss-reactive ketones (excluding diaryl/α,β-unsaturated/α-hetero) is 1. The number of hydrogen-bond donors (Lipinski definition) is 0. The van der Waals surface area contributed by atoms with E-state index in [9.17, 15) is 9.18 Å². The van der Waals surface area contributed by atoms with Crippen molar-refractivity contribution in [2.24, 2.45) is 0 Å². The van der Waals surface area contributed by atoms with Gasteiger partial charge < -0.3 is 4.57 Å². The Morgan fingerprint density at radius 3 is 2.67 bits per heavy atom. The van der Waals surface area contributed by atoms with E-state index < -0.39 is 0 Å². The number of aromatic nitrogens is 4. The van der Waals surface area contributed by atoms with Crippen LogP contribution >= 0.6 is 34.9 Å². The van der Waals surface area contributed by atoms with Gasteiger partial charge in [-0.2, -0.15) is 0 Å². The second kappa shape index (κ2) is 9.28. The van der Waals surface area contributed by atoms with Gasteiger partial charge in [-0.1, -0.05) is 35.7 Å². The first-order chi connectivity index (χ1) is 14.5. The van der Waals surface area contributed by atoms with Gasteiger partial charge in [0, 0.05) is 12.1 Å². The van der Waals surface area contributed by atoms with Crippen LogP contribution in [0.5, 0.6) is 0 Å². The van der Waals surface area contributed by atoms with E-state index in [-0.39, 0.29) is 16.9 Å². The molecule has 0 bridgehead atoms. The molecule has 0 N–H and O–H groups in total. The number of thioether (sulfide) groups is 2. The molecule has 2 heterocycles. The van der Waals surface area contributed by atoms with E-state index in [1.807, 2.05) is 36.6 Å². The van der Waals surface area contributed by atoms with Crippen LogP contribution in [0.15, 0.2) is 58.0 Å². The molecular formula is C21H19FN4OS3. The summed E-state index contributed by atoms with van der Waals surface area (Å²) >= 11 is 4.68. The van der Waals surface area contributed by atoms with Crippen LogP contribution in [-0.4, -0.2) is 30.8 Å². The SMILES string of the molecule is CCn1c(CSc2nc3ccccc3s2)nnc1SC(C)C(=O)c1ccc(F)cc1. The molecule has 0 saturated carbocycles. The first kappa shape index (κ1) is 21.0. The number of fused-ring (bicyclic) bond motifs is 1. The molecule has 0 aliphatic carbocycles. The summed E-state index contributed by atoms with van der Waals surface area (Å²) in [6, 6.07) is 13.7. The summed E-state index contributed by atoms with van der Waals surface area (Å²) in [4.78, 5) is 17.3. The van der Waals surface area contributed by atoms with E-state index in [1.165, 1.54) is 40.7 Å². The number of thiazole rings is 1. The fraction of sp³-hybridized carbons (Fsp3) is 0.238. The third-order valence-electron chi connectivity index (χ3n) is 4.49. The van der Waals surface area contributed by atoms with Crippen molar-refractivity contribution in [1.29, 1.82) is 0 Å². The molecule has 0 fully saturated rings. The van der Waals surface area contributed by atoms with Crippen molar-refractivity contribution in [3.63, 3.8) is 0 Å². The molecule has 1 atom stereocenters. The maximum Gasteiger partial charge on any atom is 0.191 e. The molecule has 0 aliphatic rings. The average molecular weight is 459 g/mol. The van der Waals surface area contributed by atoms with Gasteiger partial charge >= 0.3 is 0 Å². The molecule has 0 radical (unpaired) electrons. The highest BCUT2D eigenvalue weighted by Gasteiger charge is 2.21. The molecule has 30 heavy (non-hydrogen) atoms. The van der Waals surface area contributed by atoms with Crippen molar-refractivity contribution >= 4 is 50.9 Å². The van der Waals surface area contributed by atoms with Gasteiger partial charge in [-0.3, -0.25) is 4.79 Å². The molecule has 154 valence electrons. The highest BCUT2D eigenvalue weighted by molar-refractivity contribution is 8.00. The second-order valence-corrected chi connectivity index (χ2v) is 10.1. The standard InChI is InChI=1S/C21H19FN4OS3/c1-3-26-18(12-28-21-23-16-6-4-5-7-17(16)30-21)24-25-20(26)29-13(2)19(27)14-8-10-15(22)11-9-14/h4-11,13H,3,12H2,1-2H3. The third-order valence-corrected chi connectivity index (χ3v) is 7.74. The normalized spacial score (nSPS) is 12.4. The number of carbonyl (C=O) groups excluding carboxylic acids is 1. The molecule has 4 aromatic rings. The van der Waals surface area contributed by atoms with E-state index in [0.717, 1.165) is 15.7 Å². The van der Waals surface area contributed by atoms with Crippen molar-refractivity contribution in [2.75, 3.05) is 0 Å². The van der Waals surface area contributed by atoms with Gasteiger partial charge in [0.2, 0.25) is 0 Å². The molecule has 0 amide bonds. The predicted molar refractivity (Wildman–Crippen MR) is 121 cm³/mol. The van der Waals surface area contributed by atoms with E-state index in [2.05, 4.69) is 21.2 Å². The molecule has 2 aromatic heterocycles. The van der Waals surface area contributed by atoms with Crippen molar-refractivity contribution in [3.05, 3.63) is 65.7 Å². The number of hydrogen-bond acceptors (Lipinski definition) is 7. The van der Waals surface area contributed by atoms with Gasteiger partial charge in [-0.25, -0.2) is 9.37 Å². The molecular weight excluding hydrogens is 439 g/mol. The fourth-order valence-electron chi connectivity index (χ4n) is 2.93. The highest BCUT2D eigenvalue weighted by Crippen LogP contribution is 2.32. The first-order valence-corrected chi connectivity index (χ1v) is 12.1. The van der Waals surface area contributed by atoms with E-state index >= 15 is 0 Å².